The van der Waals surface area contributed by atoms with Crippen LogP contribution in [0.25, 0.3) is 0 Å². The van der Waals surface area contributed by atoms with Crippen LogP contribution in [-0.4, -0.2) is 16.3 Å². The zero-order valence-electron chi connectivity index (χ0n) is 15.4. The molecule has 0 spiro atoms. The molecule has 128 valence electrons. The molecule has 1 saturated carbocycles. The highest BCUT2D eigenvalue weighted by Crippen LogP contribution is 2.36. The van der Waals surface area contributed by atoms with Gasteiger partial charge in [0.05, 0.1) is 0 Å². The summed E-state index contributed by atoms with van der Waals surface area (Å²) < 4.78 is 0.237. The highest BCUT2D eigenvalue weighted by molar-refractivity contribution is 7.98. The molecular weight excluding hydrogens is 296 g/mol. The van der Waals surface area contributed by atoms with E-state index in [1.807, 2.05) is 0 Å². The van der Waals surface area contributed by atoms with Gasteiger partial charge < -0.3 is 0 Å². The van der Waals surface area contributed by atoms with E-state index in [1.54, 1.807) is 0 Å². The van der Waals surface area contributed by atoms with E-state index in [9.17, 15) is 0 Å². The van der Waals surface area contributed by atoms with Crippen molar-refractivity contribution >= 4 is 10.9 Å². The van der Waals surface area contributed by atoms with Crippen molar-refractivity contribution in [2.45, 2.75) is 70.5 Å². The molecule has 1 saturated heterocycles. The lowest BCUT2D eigenvalue weighted by Gasteiger charge is -2.26. The summed E-state index contributed by atoms with van der Waals surface area (Å²) in [5, 5.41) is 0. The lowest BCUT2D eigenvalue weighted by Crippen LogP contribution is -2.35. The maximum Gasteiger partial charge on any atom is 0.147 e. The average molecular weight is 332 g/mol. The summed E-state index contributed by atoms with van der Waals surface area (Å²) in [5.41, 5.74) is 2.65. The molecule has 1 aliphatic carbocycles. The molecule has 1 aliphatic heterocycles. The monoisotopic (exact) mass is 331 g/mol. The van der Waals surface area contributed by atoms with Gasteiger partial charge in [0, 0.05) is 5.57 Å². The van der Waals surface area contributed by atoms with Crippen molar-refractivity contribution in [3.63, 3.8) is 0 Å². The van der Waals surface area contributed by atoms with Gasteiger partial charge in [-0.05, 0) is 68.8 Å². The fraction of sp³-hybridized carbons (Fsp3) is 0.636. The molecule has 2 aliphatic rings. The molecule has 0 radical (unpaired) electrons. The van der Waals surface area contributed by atoms with Crippen molar-refractivity contribution < 1.29 is 0 Å². The predicted octanol–water partition coefficient (Wildman–Crippen LogP) is 6.37. The summed E-state index contributed by atoms with van der Waals surface area (Å²) in [5.74, 6) is 3.59. The van der Waals surface area contributed by atoms with Crippen molar-refractivity contribution in [3.8, 4) is 0 Å². The van der Waals surface area contributed by atoms with Crippen LogP contribution < -0.4 is 0 Å². The fourth-order valence-electron chi connectivity index (χ4n) is 3.77. The first kappa shape index (κ1) is 18.6. The molecule has 0 aromatic rings. The van der Waals surface area contributed by atoms with Crippen molar-refractivity contribution in [2.75, 3.05) is 11.5 Å². The van der Waals surface area contributed by atoms with Crippen LogP contribution in [0.15, 0.2) is 48.1 Å². The first-order chi connectivity index (χ1) is 11.1. The molecule has 2 fully saturated rings. The van der Waals surface area contributed by atoms with Crippen LogP contribution in [0.5, 0.6) is 0 Å². The lowest BCUT2D eigenvalue weighted by molar-refractivity contribution is 0.419. The normalized spacial score (nSPS) is 22.5. The molecule has 0 amide bonds. The number of allylic oxidation sites excluding steroid dienone is 6. The number of rotatable bonds is 6. The fourth-order valence-corrected chi connectivity index (χ4v) is 6.56. The van der Waals surface area contributed by atoms with Crippen LogP contribution in [0, 0.1) is 5.92 Å². The molecule has 1 heteroatoms. The minimum absolute atomic E-state index is 0.237. The standard InChI is InChI=1S/C22H35S/c1-5-12-21(16-11-15-20-13-7-6-8-14-20)19(2)22(3,4)23-17-9-10-18-23/h5,11-12,15-16,20H,2,6-10,13-14,17-18H2,1,3-4H3/q+1/b12-5-,15-11+,21-16+. The SMILES string of the molecule is C=C(C(/C=C\C)=C/C=C/C1CCCCC1)C(C)(C)[S+]1CCCC1. The summed E-state index contributed by atoms with van der Waals surface area (Å²) >= 11 is 0. The predicted molar refractivity (Wildman–Crippen MR) is 108 cm³/mol. The molecule has 23 heavy (non-hydrogen) atoms. The Bertz CT molecular complexity index is 466. The van der Waals surface area contributed by atoms with Gasteiger partial charge in [0.1, 0.15) is 16.3 Å². The van der Waals surface area contributed by atoms with Gasteiger partial charge in [0.2, 0.25) is 0 Å². The van der Waals surface area contributed by atoms with Gasteiger partial charge in [-0.15, -0.1) is 0 Å². The maximum atomic E-state index is 4.51. The molecule has 0 unspecified atom stereocenters. The van der Waals surface area contributed by atoms with Crippen molar-refractivity contribution in [2.24, 2.45) is 5.92 Å². The van der Waals surface area contributed by atoms with E-state index >= 15 is 0 Å². The highest BCUT2D eigenvalue weighted by Gasteiger charge is 2.43. The summed E-state index contributed by atoms with van der Waals surface area (Å²) in [4.78, 5) is 0. The smallest absolute Gasteiger partial charge is 0.0900 e. The maximum absolute atomic E-state index is 4.51. The van der Waals surface area contributed by atoms with Crippen molar-refractivity contribution in [1.82, 2.24) is 0 Å². The van der Waals surface area contributed by atoms with Gasteiger partial charge in [0.25, 0.3) is 0 Å². The Hall–Kier alpha value is -0.690. The largest absolute Gasteiger partial charge is 0.147 e. The van der Waals surface area contributed by atoms with E-state index in [0.29, 0.717) is 10.9 Å². The third-order valence-corrected chi connectivity index (χ3v) is 8.74. The van der Waals surface area contributed by atoms with Gasteiger partial charge in [-0.2, -0.15) is 0 Å². The Morgan fingerprint density at radius 3 is 2.30 bits per heavy atom. The minimum atomic E-state index is 0.237. The molecule has 0 N–H and O–H groups in total. The molecule has 0 aromatic heterocycles. The van der Waals surface area contributed by atoms with E-state index in [4.69, 9.17) is 0 Å². The minimum Gasteiger partial charge on any atom is -0.0900 e. The van der Waals surface area contributed by atoms with Gasteiger partial charge >= 0.3 is 0 Å². The summed E-state index contributed by atoms with van der Waals surface area (Å²) in [6.07, 6.45) is 21.2. The third kappa shape index (κ3) is 5.14. The van der Waals surface area contributed by atoms with Crippen LogP contribution in [-0.2, 0) is 10.9 Å². The Morgan fingerprint density at radius 1 is 1.04 bits per heavy atom. The second-order valence-corrected chi connectivity index (χ2v) is 10.3. The highest BCUT2D eigenvalue weighted by atomic mass is 32.2. The zero-order chi connectivity index (χ0) is 16.7. The topological polar surface area (TPSA) is 0 Å². The van der Waals surface area contributed by atoms with Gasteiger partial charge in [-0.3, -0.25) is 0 Å². The molecule has 0 bridgehead atoms. The number of hydrogen-bond acceptors (Lipinski definition) is 0. The third-order valence-electron chi connectivity index (χ3n) is 5.48. The molecule has 1 heterocycles. The second kappa shape index (κ2) is 8.97. The van der Waals surface area contributed by atoms with E-state index in [1.165, 1.54) is 67.6 Å². The van der Waals surface area contributed by atoms with E-state index in [-0.39, 0.29) is 4.75 Å². The van der Waals surface area contributed by atoms with Gasteiger partial charge in [-0.1, -0.05) is 56.2 Å². The molecular formula is C22H35S+. The van der Waals surface area contributed by atoms with Crippen molar-refractivity contribution in [3.05, 3.63) is 48.1 Å². The Labute approximate surface area is 147 Å². The first-order valence-corrected chi connectivity index (χ1v) is 11.0. The van der Waals surface area contributed by atoms with E-state index in [0.717, 1.165) is 5.92 Å². The van der Waals surface area contributed by atoms with Crippen molar-refractivity contribution in [1.29, 1.82) is 0 Å². The molecule has 2 rings (SSSR count). The van der Waals surface area contributed by atoms with Crippen LogP contribution in [0.1, 0.15) is 65.7 Å². The van der Waals surface area contributed by atoms with Gasteiger partial charge in [-0.25, -0.2) is 0 Å². The Morgan fingerprint density at radius 2 is 1.70 bits per heavy atom. The average Bonchev–Trinajstić information content (AvgIpc) is 3.09. The van der Waals surface area contributed by atoms with Crippen LogP contribution in [0.2, 0.25) is 0 Å². The lowest BCUT2D eigenvalue weighted by atomic mass is 9.89. The van der Waals surface area contributed by atoms with Gasteiger partial charge in [0.15, 0.2) is 0 Å². The van der Waals surface area contributed by atoms with E-state index in [2.05, 4.69) is 57.7 Å². The van der Waals surface area contributed by atoms with Crippen LogP contribution in [0.4, 0.5) is 0 Å². The second-order valence-electron chi connectivity index (χ2n) is 7.50. The first-order valence-electron chi connectivity index (χ1n) is 9.44. The number of hydrogen-bond donors (Lipinski definition) is 0. The zero-order valence-corrected chi connectivity index (χ0v) is 16.3. The molecule has 0 aromatic carbocycles. The molecule has 0 atom stereocenters. The Balaban J connectivity index is 2.07. The Kier molecular flexibility index (Phi) is 7.27. The quantitative estimate of drug-likeness (QED) is 0.392. The summed E-state index contributed by atoms with van der Waals surface area (Å²) in [6, 6.07) is 0. The van der Waals surface area contributed by atoms with Crippen LogP contribution >= 0.6 is 0 Å². The molecule has 0 nitrogen and oxygen atoms in total. The summed E-state index contributed by atoms with van der Waals surface area (Å²) in [7, 11) is 0.500. The van der Waals surface area contributed by atoms with Crippen LogP contribution in [0.3, 0.4) is 0 Å². The van der Waals surface area contributed by atoms with E-state index < -0.39 is 0 Å². The summed E-state index contributed by atoms with van der Waals surface area (Å²) in [6.45, 7) is 11.4.